The second kappa shape index (κ2) is 4.38. The molecule has 0 aliphatic heterocycles. The summed E-state index contributed by atoms with van der Waals surface area (Å²) in [6, 6.07) is 0.715. The van der Waals surface area contributed by atoms with E-state index in [-0.39, 0.29) is 5.88 Å². The molecule has 0 amide bonds. The summed E-state index contributed by atoms with van der Waals surface area (Å²) in [6.07, 6.45) is -3.25. The van der Waals surface area contributed by atoms with Gasteiger partial charge in [0.2, 0.25) is 0 Å². The van der Waals surface area contributed by atoms with Crippen LogP contribution in [0.4, 0.5) is 8.78 Å². The van der Waals surface area contributed by atoms with Gasteiger partial charge in [-0.05, 0) is 0 Å². The standard InChI is InChI=1S/C7H6ClF2NO4S/c1-15-4-2-3(12)5(6(9)10)7(11-4)16(8,13)14/h2,6H,1H3,(H,11,12). The molecule has 0 bridgehead atoms. The highest BCUT2D eigenvalue weighted by Gasteiger charge is 2.26. The molecule has 0 atom stereocenters. The molecular weight excluding hydrogens is 268 g/mol. The second-order valence-corrected chi connectivity index (χ2v) is 5.19. The minimum Gasteiger partial charge on any atom is -0.482 e. The molecular formula is C7H6ClF2NO4S. The van der Waals surface area contributed by atoms with E-state index in [1.165, 1.54) is 0 Å². The zero-order valence-electron chi connectivity index (χ0n) is 7.83. The summed E-state index contributed by atoms with van der Waals surface area (Å²) in [5.74, 6) is -0.270. The van der Waals surface area contributed by atoms with Gasteiger partial charge in [0.05, 0.1) is 7.11 Å². The number of rotatable bonds is 3. The van der Waals surface area contributed by atoms with Gasteiger partial charge in [-0.2, -0.15) is 0 Å². The molecule has 0 aliphatic carbocycles. The van der Waals surface area contributed by atoms with E-state index in [9.17, 15) is 22.0 Å². The average Bonchev–Trinajstić information content (AvgIpc) is 2.14. The molecule has 0 fully saturated rings. The van der Waals surface area contributed by atoms with E-state index in [2.05, 4.69) is 4.74 Å². The number of H-pyrrole nitrogens is 1. The molecule has 0 spiro atoms. The molecule has 0 saturated heterocycles. The molecule has 0 aromatic carbocycles. The lowest BCUT2D eigenvalue weighted by atomic mass is 10.3. The molecule has 0 radical (unpaired) electrons. The molecule has 1 heterocycles. The van der Waals surface area contributed by atoms with Crippen molar-refractivity contribution in [2.75, 3.05) is 7.11 Å². The van der Waals surface area contributed by atoms with Gasteiger partial charge >= 0.3 is 0 Å². The Balaban J connectivity index is 3.67. The van der Waals surface area contributed by atoms with Gasteiger partial charge in [-0.1, -0.05) is 0 Å². The third kappa shape index (κ3) is 2.50. The van der Waals surface area contributed by atoms with E-state index < -0.39 is 31.5 Å². The monoisotopic (exact) mass is 273 g/mol. The number of hydrogen-bond donors (Lipinski definition) is 1. The molecule has 1 N–H and O–H groups in total. The Kier molecular flexibility index (Phi) is 3.54. The van der Waals surface area contributed by atoms with Crippen molar-refractivity contribution in [2.24, 2.45) is 0 Å². The van der Waals surface area contributed by atoms with Gasteiger partial charge in [-0.15, -0.1) is 0 Å². The first kappa shape index (κ1) is 12.9. The summed E-state index contributed by atoms with van der Waals surface area (Å²) in [6.45, 7) is 0. The first-order chi connectivity index (χ1) is 7.27. The highest BCUT2D eigenvalue weighted by molar-refractivity contribution is 8.13. The van der Waals surface area contributed by atoms with Crippen LogP contribution in [0, 0.1) is 0 Å². The van der Waals surface area contributed by atoms with Crippen LogP contribution in [0.3, 0.4) is 0 Å². The van der Waals surface area contributed by atoms with Crippen LogP contribution in [-0.4, -0.2) is 20.5 Å². The number of aromatic nitrogens is 1. The zero-order valence-corrected chi connectivity index (χ0v) is 9.40. The average molecular weight is 274 g/mol. The molecule has 0 aliphatic rings. The Labute approximate surface area is 93.4 Å². The van der Waals surface area contributed by atoms with Crippen LogP contribution in [0.2, 0.25) is 0 Å². The van der Waals surface area contributed by atoms with Gasteiger partial charge in [0, 0.05) is 16.7 Å². The Bertz CT molecular complexity index is 554. The van der Waals surface area contributed by atoms with Crippen LogP contribution >= 0.6 is 10.7 Å². The fraction of sp³-hybridized carbons (Fsp3) is 0.286. The number of nitrogens with one attached hydrogen (secondary N) is 1. The maximum atomic E-state index is 12.5. The fourth-order valence-corrected chi connectivity index (χ4v) is 2.07. The summed E-state index contributed by atoms with van der Waals surface area (Å²) in [5.41, 5.74) is -2.36. The molecule has 90 valence electrons. The molecule has 0 saturated carbocycles. The number of aromatic amines is 1. The third-order valence-corrected chi connectivity index (χ3v) is 2.96. The summed E-state index contributed by atoms with van der Waals surface area (Å²) < 4.78 is 51.5. The van der Waals surface area contributed by atoms with Gasteiger partial charge < -0.3 is 9.72 Å². The van der Waals surface area contributed by atoms with Crippen molar-refractivity contribution in [1.82, 2.24) is 4.98 Å². The number of ether oxygens (including phenoxy) is 1. The van der Waals surface area contributed by atoms with Crippen molar-refractivity contribution in [1.29, 1.82) is 0 Å². The predicted octanol–water partition coefficient (Wildman–Crippen LogP) is 1.25. The quantitative estimate of drug-likeness (QED) is 0.841. The highest BCUT2D eigenvalue weighted by atomic mass is 35.7. The maximum absolute atomic E-state index is 12.5. The van der Waals surface area contributed by atoms with Crippen LogP contribution in [0.25, 0.3) is 0 Å². The van der Waals surface area contributed by atoms with Crippen LogP contribution in [0.5, 0.6) is 5.88 Å². The topological polar surface area (TPSA) is 76.2 Å². The fourth-order valence-electron chi connectivity index (χ4n) is 1.03. The number of halogens is 3. The van der Waals surface area contributed by atoms with E-state index in [0.717, 1.165) is 7.11 Å². The van der Waals surface area contributed by atoms with Gasteiger partial charge in [0.1, 0.15) is 5.56 Å². The smallest absolute Gasteiger partial charge is 0.277 e. The summed E-state index contributed by atoms with van der Waals surface area (Å²) in [7, 11) is 1.58. The largest absolute Gasteiger partial charge is 0.482 e. The van der Waals surface area contributed by atoms with Gasteiger partial charge in [0.25, 0.3) is 15.5 Å². The zero-order chi connectivity index (χ0) is 12.5. The van der Waals surface area contributed by atoms with Crippen LogP contribution in [-0.2, 0) is 9.05 Å². The van der Waals surface area contributed by atoms with Crippen LogP contribution in [0.1, 0.15) is 12.0 Å². The normalized spacial score (nSPS) is 11.8. The van der Waals surface area contributed by atoms with E-state index in [1.807, 2.05) is 4.98 Å². The minimum atomic E-state index is -4.48. The molecule has 1 aromatic heterocycles. The lowest BCUT2D eigenvalue weighted by molar-refractivity contribution is 0.145. The molecule has 16 heavy (non-hydrogen) atoms. The van der Waals surface area contributed by atoms with Gasteiger partial charge in [-0.3, -0.25) is 4.79 Å². The summed E-state index contributed by atoms with van der Waals surface area (Å²) in [4.78, 5) is 13.2. The highest BCUT2D eigenvalue weighted by Crippen LogP contribution is 2.25. The SMILES string of the molecule is COc1cc(=O)c(C(F)F)c(S(=O)(=O)Cl)[nH]1. The molecule has 1 rings (SSSR count). The molecule has 1 aromatic rings. The second-order valence-electron chi connectivity index (χ2n) is 2.68. The van der Waals surface area contributed by atoms with Crippen molar-refractivity contribution >= 4 is 19.7 Å². The Morgan fingerprint density at radius 1 is 1.50 bits per heavy atom. The van der Waals surface area contributed by atoms with E-state index in [4.69, 9.17) is 10.7 Å². The molecule has 5 nitrogen and oxygen atoms in total. The molecule has 0 unspecified atom stereocenters. The number of pyridine rings is 1. The molecule has 9 heteroatoms. The third-order valence-electron chi connectivity index (χ3n) is 1.69. The van der Waals surface area contributed by atoms with Crippen molar-refractivity contribution in [3.05, 3.63) is 21.9 Å². The van der Waals surface area contributed by atoms with Crippen molar-refractivity contribution in [3.8, 4) is 5.88 Å². The van der Waals surface area contributed by atoms with Crippen LogP contribution in [0.15, 0.2) is 15.9 Å². The van der Waals surface area contributed by atoms with E-state index in [1.54, 1.807) is 0 Å². The van der Waals surface area contributed by atoms with Crippen LogP contribution < -0.4 is 10.2 Å². The van der Waals surface area contributed by atoms with Gasteiger partial charge in [-0.25, -0.2) is 17.2 Å². The Morgan fingerprint density at radius 2 is 2.06 bits per heavy atom. The number of alkyl halides is 2. The van der Waals surface area contributed by atoms with Crippen molar-refractivity contribution in [2.45, 2.75) is 11.5 Å². The van der Waals surface area contributed by atoms with Crippen molar-refractivity contribution < 1.29 is 21.9 Å². The first-order valence-electron chi connectivity index (χ1n) is 3.81. The first-order valence-corrected chi connectivity index (χ1v) is 6.12. The summed E-state index contributed by atoms with van der Waals surface area (Å²) in [5, 5.41) is -1.05. The van der Waals surface area contributed by atoms with E-state index in [0.29, 0.717) is 6.07 Å². The minimum absolute atomic E-state index is 0.270. The Hall–Kier alpha value is -1.15. The van der Waals surface area contributed by atoms with E-state index >= 15 is 0 Å². The Morgan fingerprint density at radius 3 is 2.44 bits per heavy atom. The number of hydrogen-bond acceptors (Lipinski definition) is 4. The number of methoxy groups -OCH3 is 1. The maximum Gasteiger partial charge on any atom is 0.277 e. The van der Waals surface area contributed by atoms with Gasteiger partial charge in [0.15, 0.2) is 16.3 Å². The lowest BCUT2D eigenvalue weighted by Gasteiger charge is -2.07. The lowest BCUT2D eigenvalue weighted by Crippen LogP contribution is -2.16. The summed E-state index contributed by atoms with van der Waals surface area (Å²) >= 11 is 0. The predicted molar refractivity (Wildman–Crippen MR) is 51.6 cm³/mol. The van der Waals surface area contributed by atoms with Crippen molar-refractivity contribution in [3.63, 3.8) is 0 Å².